The maximum absolute atomic E-state index is 14.5. The van der Waals surface area contributed by atoms with Crippen molar-refractivity contribution in [3.63, 3.8) is 0 Å². The first-order valence-electron chi connectivity index (χ1n) is 7.31. The van der Waals surface area contributed by atoms with Crippen LogP contribution in [0.5, 0.6) is 0 Å². The van der Waals surface area contributed by atoms with Crippen molar-refractivity contribution in [2.24, 2.45) is 21.2 Å². The van der Waals surface area contributed by atoms with Gasteiger partial charge in [0, 0.05) is 23.8 Å². The number of hydroxylamine groups is 1. The lowest BCUT2D eigenvalue weighted by molar-refractivity contribution is 0.161. The minimum atomic E-state index is -0.923. The third-order valence-electron chi connectivity index (χ3n) is 3.34. The summed E-state index contributed by atoms with van der Waals surface area (Å²) in [6.07, 6.45) is 1.25. The fourth-order valence-corrected chi connectivity index (χ4v) is 2.42. The zero-order valence-electron chi connectivity index (χ0n) is 13.9. The van der Waals surface area contributed by atoms with E-state index in [1.165, 1.54) is 24.8 Å². The summed E-state index contributed by atoms with van der Waals surface area (Å²) in [6.45, 7) is -0.283. The van der Waals surface area contributed by atoms with Gasteiger partial charge in [-0.15, -0.1) is 5.11 Å². The van der Waals surface area contributed by atoms with Gasteiger partial charge in [-0.1, -0.05) is 11.6 Å². The molecule has 0 unspecified atom stereocenters. The van der Waals surface area contributed by atoms with E-state index >= 15 is 0 Å². The molecule has 0 atom stereocenters. The molecule has 2 rings (SSSR count). The van der Waals surface area contributed by atoms with Gasteiger partial charge in [0.15, 0.2) is 0 Å². The average Bonchev–Trinajstić information content (AvgIpc) is 2.64. The van der Waals surface area contributed by atoms with Gasteiger partial charge in [0.05, 0.1) is 17.8 Å². The first-order valence-corrected chi connectivity index (χ1v) is 7.68. The number of halogens is 3. The van der Waals surface area contributed by atoms with Crippen molar-refractivity contribution in [2.75, 3.05) is 7.05 Å². The average molecular weight is 398 g/mol. The van der Waals surface area contributed by atoms with E-state index in [1.54, 1.807) is 0 Å². The topological polar surface area (TPSA) is 137 Å². The van der Waals surface area contributed by atoms with Crippen LogP contribution in [0.4, 0.5) is 13.6 Å². The number of hydrazone groups is 1. The highest BCUT2D eigenvalue weighted by Crippen LogP contribution is 2.30. The zero-order chi connectivity index (χ0) is 20.0. The predicted octanol–water partition coefficient (Wildman–Crippen LogP) is 2.57. The van der Waals surface area contributed by atoms with E-state index in [4.69, 9.17) is 22.7 Å². The Balaban J connectivity index is 2.52. The number of amides is 2. The molecule has 142 valence electrons. The number of pyridine rings is 1. The van der Waals surface area contributed by atoms with Crippen LogP contribution in [0.1, 0.15) is 11.3 Å². The van der Waals surface area contributed by atoms with Gasteiger partial charge in [-0.2, -0.15) is 10.2 Å². The number of nitrogens with zero attached hydrogens (tertiary/aromatic N) is 4. The summed E-state index contributed by atoms with van der Waals surface area (Å²) in [5, 5.41) is 21.2. The van der Waals surface area contributed by atoms with Crippen LogP contribution in [-0.2, 0) is 6.54 Å². The second-order valence-electron chi connectivity index (χ2n) is 5.01. The fourth-order valence-electron chi connectivity index (χ4n) is 2.21. The highest BCUT2D eigenvalue weighted by molar-refractivity contribution is 6.31. The Bertz CT molecular complexity index is 921. The first-order chi connectivity index (χ1) is 12.9. The van der Waals surface area contributed by atoms with Crippen LogP contribution in [0.25, 0.3) is 11.1 Å². The number of rotatable bonds is 4. The SMILES string of the molecule is CN=NC(=NN)c1c(F)cc(Cl)cc1-c1cnc(CNC(=O)NO)c(F)c1. The van der Waals surface area contributed by atoms with E-state index in [2.05, 4.69) is 25.6 Å². The number of hydrogen-bond donors (Lipinski definition) is 4. The molecule has 0 fully saturated rings. The third kappa shape index (κ3) is 4.71. The molecule has 12 heteroatoms. The van der Waals surface area contributed by atoms with Gasteiger partial charge in [-0.3, -0.25) is 10.2 Å². The molecule has 1 heterocycles. The van der Waals surface area contributed by atoms with Gasteiger partial charge < -0.3 is 11.2 Å². The summed E-state index contributed by atoms with van der Waals surface area (Å²) < 4.78 is 28.8. The van der Waals surface area contributed by atoms with Crippen LogP contribution in [0, 0.1) is 11.6 Å². The summed E-state index contributed by atoms with van der Waals surface area (Å²) in [6, 6.07) is 2.57. The lowest BCUT2D eigenvalue weighted by Gasteiger charge is -2.12. The summed E-state index contributed by atoms with van der Waals surface area (Å²) in [5.74, 6) is 3.49. The lowest BCUT2D eigenvalue weighted by atomic mass is 9.99. The number of carbonyl (C=O) groups is 1. The number of azo groups is 1. The molecule has 2 aromatic rings. The molecular formula is C15H14ClF2N7O2. The maximum atomic E-state index is 14.5. The van der Waals surface area contributed by atoms with Gasteiger partial charge in [0.2, 0.25) is 5.84 Å². The highest BCUT2D eigenvalue weighted by Gasteiger charge is 2.19. The Labute approximate surface area is 156 Å². The summed E-state index contributed by atoms with van der Waals surface area (Å²) in [7, 11) is 1.35. The lowest BCUT2D eigenvalue weighted by Crippen LogP contribution is -2.33. The molecule has 0 aliphatic heterocycles. The molecule has 0 bridgehead atoms. The molecule has 9 nitrogen and oxygen atoms in total. The number of aromatic nitrogens is 1. The summed E-state index contributed by atoms with van der Waals surface area (Å²) in [5.41, 5.74) is 1.43. The molecule has 27 heavy (non-hydrogen) atoms. The fraction of sp³-hybridized carbons (Fsp3) is 0.133. The van der Waals surface area contributed by atoms with Crippen molar-refractivity contribution in [1.82, 2.24) is 15.8 Å². The molecule has 2 amide bonds. The normalized spacial score (nSPS) is 11.7. The van der Waals surface area contributed by atoms with Crippen LogP contribution in [0.3, 0.4) is 0 Å². The van der Waals surface area contributed by atoms with Crippen molar-refractivity contribution in [3.05, 3.63) is 52.3 Å². The molecule has 1 aromatic heterocycles. The molecule has 0 aliphatic carbocycles. The van der Waals surface area contributed by atoms with E-state index < -0.39 is 17.7 Å². The second kappa shape index (κ2) is 8.96. The van der Waals surface area contributed by atoms with Crippen LogP contribution in [0.2, 0.25) is 5.02 Å². The van der Waals surface area contributed by atoms with E-state index in [9.17, 15) is 13.6 Å². The Hall–Kier alpha value is -3.18. The highest BCUT2D eigenvalue weighted by atomic mass is 35.5. The van der Waals surface area contributed by atoms with Crippen LogP contribution in [-0.4, -0.2) is 29.1 Å². The second-order valence-corrected chi connectivity index (χ2v) is 5.45. The molecular weight excluding hydrogens is 384 g/mol. The number of benzene rings is 1. The first kappa shape index (κ1) is 20.1. The number of nitrogens with two attached hydrogens (primary N) is 1. The van der Waals surface area contributed by atoms with Gasteiger partial charge in [0.25, 0.3) is 0 Å². The van der Waals surface area contributed by atoms with Gasteiger partial charge in [-0.25, -0.2) is 19.1 Å². The summed E-state index contributed by atoms with van der Waals surface area (Å²) in [4.78, 5) is 14.9. The number of amidine groups is 1. The third-order valence-corrected chi connectivity index (χ3v) is 3.56. The largest absolute Gasteiger partial charge is 0.338 e. The maximum Gasteiger partial charge on any atom is 0.338 e. The van der Waals surface area contributed by atoms with Crippen LogP contribution < -0.4 is 16.6 Å². The molecule has 5 N–H and O–H groups in total. The molecule has 0 spiro atoms. The molecule has 1 aromatic carbocycles. The number of urea groups is 1. The Kier molecular flexibility index (Phi) is 6.68. The summed E-state index contributed by atoms with van der Waals surface area (Å²) >= 11 is 5.91. The van der Waals surface area contributed by atoms with E-state index in [0.717, 1.165) is 12.1 Å². The van der Waals surface area contributed by atoms with Crippen molar-refractivity contribution >= 4 is 23.5 Å². The predicted molar refractivity (Wildman–Crippen MR) is 93.3 cm³/mol. The molecule has 0 aliphatic rings. The Morgan fingerprint density at radius 2 is 2.07 bits per heavy atom. The quantitative estimate of drug-likeness (QED) is 0.157. The standard InChI is InChI=1S/C15H14ClF2N7O2/c1-20-24-14(23-19)13-9(3-8(16)4-11(13)18)7-2-10(17)12(21-5-7)6-22-15(26)25-27/h2-5,27H,6,19H2,1H3,(H2,22,25,26). The number of hydrogen-bond acceptors (Lipinski definition) is 6. The minimum Gasteiger partial charge on any atom is -0.331 e. The Morgan fingerprint density at radius 3 is 2.67 bits per heavy atom. The van der Waals surface area contributed by atoms with Crippen molar-refractivity contribution in [1.29, 1.82) is 0 Å². The van der Waals surface area contributed by atoms with Crippen LogP contribution in [0.15, 0.2) is 39.7 Å². The van der Waals surface area contributed by atoms with Gasteiger partial charge in [-0.05, 0) is 23.8 Å². The monoisotopic (exact) mass is 397 g/mol. The van der Waals surface area contributed by atoms with E-state index in [0.29, 0.717) is 0 Å². The molecule has 0 saturated carbocycles. The number of nitrogens with one attached hydrogen (secondary N) is 2. The van der Waals surface area contributed by atoms with Crippen molar-refractivity contribution in [3.8, 4) is 11.1 Å². The minimum absolute atomic E-state index is 0.0572. The molecule has 0 radical (unpaired) electrons. The Morgan fingerprint density at radius 1 is 1.33 bits per heavy atom. The molecule has 0 saturated heterocycles. The van der Waals surface area contributed by atoms with E-state index in [-0.39, 0.29) is 39.8 Å². The van der Waals surface area contributed by atoms with Crippen molar-refractivity contribution < 1.29 is 18.8 Å². The van der Waals surface area contributed by atoms with Crippen LogP contribution >= 0.6 is 11.6 Å². The zero-order valence-corrected chi connectivity index (χ0v) is 14.6. The van der Waals surface area contributed by atoms with E-state index in [1.807, 2.05) is 0 Å². The van der Waals surface area contributed by atoms with Crippen molar-refractivity contribution in [2.45, 2.75) is 6.54 Å². The van der Waals surface area contributed by atoms with Gasteiger partial charge >= 0.3 is 6.03 Å². The smallest absolute Gasteiger partial charge is 0.331 e. The van der Waals surface area contributed by atoms with Gasteiger partial charge in [0.1, 0.15) is 11.6 Å². The number of carbonyl (C=O) groups excluding carboxylic acids is 1.